The van der Waals surface area contributed by atoms with Gasteiger partial charge in [0.25, 0.3) is 5.91 Å². The largest absolute Gasteiger partial charge is 0.395 e. The summed E-state index contributed by atoms with van der Waals surface area (Å²) in [6.07, 6.45) is 3.17. The van der Waals surface area contributed by atoms with E-state index in [-0.39, 0.29) is 12.5 Å². The SMILES string of the molecule is COCCN(CCO)C(=O)c1cnn(C)c1. The van der Waals surface area contributed by atoms with Gasteiger partial charge >= 0.3 is 0 Å². The fourth-order valence-corrected chi connectivity index (χ4v) is 1.35. The summed E-state index contributed by atoms with van der Waals surface area (Å²) < 4.78 is 6.48. The molecule has 16 heavy (non-hydrogen) atoms. The molecule has 1 aromatic heterocycles. The van der Waals surface area contributed by atoms with Gasteiger partial charge in [-0.25, -0.2) is 0 Å². The highest BCUT2D eigenvalue weighted by atomic mass is 16.5. The Labute approximate surface area is 94.4 Å². The van der Waals surface area contributed by atoms with E-state index in [1.165, 1.54) is 6.20 Å². The van der Waals surface area contributed by atoms with Gasteiger partial charge in [0.05, 0.1) is 25.0 Å². The maximum Gasteiger partial charge on any atom is 0.257 e. The van der Waals surface area contributed by atoms with E-state index in [9.17, 15) is 4.79 Å². The van der Waals surface area contributed by atoms with Gasteiger partial charge in [0.15, 0.2) is 0 Å². The highest BCUT2D eigenvalue weighted by molar-refractivity contribution is 5.93. The Morgan fingerprint density at radius 2 is 2.38 bits per heavy atom. The van der Waals surface area contributed by atoms with Gasteiger partial charge in [0.2, 0.25) is 0 Å². The van der Waals surface area contributed by atoms with Crippen LogP contribution in [0.25, 0.3) is 0 Å². The quantitative estimate of drug-likeness (QED) is 0.711. The minimum atomic E-state index is -0.140. The van der Waals surface area contributed by atoms with Gasteiger partial charge in [-0.15, -0.1) is 0 Å². The number of carbonyl (C=O) groups is 1. The molecule has 1 rings (SSSR count). The molecule has 0 fully saturated rings. The predicted octanol–water partition coefficient (Wildman–Crippen LogP) is -0.499. The van der Waals surface area contributed by atoms with Crippen LogP contribution in [-0.4, -0.2) is 59.1 Å². The summed E-state index contributed by atoms with van der Waals surface area (Å²) in [5.74, 6) is -0.140. The van der Waals surface area contributed by atoms with Crippen LogP contribution in [0.1, 0.15) is 10.4 Å². The third-order valence-corrected chi connectivity index (χ3v) is 2.17. The van der Waals surface area contributed by atoms with Crippen LogP contribution in [0.2, 0.25) is 0 Å². The molecule has 90 valence electrons. The van der Waals surface area contributed by atoms with Crippen LogP contribution in [0.4, 0.5) is 0 Å². The fourth-order valence-electron chi connectivity index (χ4n) is 1.35. The zero-order chi connectivity index (χ0) is 12.0. The molecule has 0 aliphatic carbocycles. The molecule has 1 N–H and O–H groups in total. The Kier molecular flexibility index (Phi) is 4.94. The molecule has 0 radical (unpaired) electrons. The number of nitrogens with zero attached hydrogens (tertiary/aromatic N) is 3. The maximum atomic E-state index is 12.0. The lowest BCUT2D eigenvalue weighted by Crippen LogP contribution is -2.36. The molecule has 0 saturated heterocycles. The molecule has 1 heterocycles. The maximum absolute atomic E-state index is 12.0. The minimum Gasteiger partial charge on any atom is -0.395 e. The first-order valence-corrected chi connectivity index (χ1v) is 5.06. The zero-order valence-electron chi connectivity index (χ0n) is 9.59. The molecule has 0 bridgehead atoms. The molecule has 1 aromatic rings. The summed E-state index contributed by atoms with van der Waals surface area (Å²) in [6, 6.07) is 0. The Bertz CT molecular complexity index is 338. The number of methoxy groups -OCH3 is 1. The standard InChI is InChI=1S/C10H17N3O3/c1-12-8-9(7-11-12)10(15)13(3-5-14)4-6-16-2/h7-8,14H,3-6H2,1-2H3. The molecular formula is C10H17N3O3. The van der Waals surface area contributed by atoms with E-state index in [1.807, 2.05) is 0 Å². The molecule has 0 aliphatic rings. The van der Waals surface area contributed by atoms with E-state index in [0.717, 1.165) is 0 Å². The minimum absolute atomic E-state index is 0.0598. The third kappa shape index (κ3) is 3.32. The average Bonchev–Trinajstić information content (AvgIpc) is 2.70. The third-order valence-electron chi connectivity index (χ3n) is 2.17. The van der Waals surface area contributed by atoms with Gasteiger partial charge in [-0.05, 0) is 0 Å². The Balaban J connectivity index is 2.66. The summed E-state index contributed by atoms with van der Waals surface area (Å²) in [5, 5.41) is 12.8. The van der Waals surface area contributed by atoms with E-state index >= 15 is 0 Å². The van der Waals surface area contributed by atoms with E-state index < -0.39 is 0 Å². The van der Waals surface area contributed by atoms with Gasteiger partial charge in [-0.1, -0.05) is 0 Å². The normalized spacial score (nSPS) is 10.4. The number of hydrogen-bond acceptors (Lipinski definition) is 4. The average molecular weight is 227 g/mol. The van der Waals surface area contributed by atoms with Crippen molar-refractivity contribution in [1.82, 2.24) is 14.7 Å². The number of carbonyl (C=O) groups excluding carboxylic acids is 1. The first-order valence-electron chi connectivity index (χ1n) is 5.06. The van der Waals surface area contributed by atoms with Crippen LogP contribution in [0.15, 0.2) is 12.4 Å². The number of rotatable bonds is 6. The lowest BCUT2D eigenvalue weighted by molar-refractivity contribution is 0.0656. The van der Waals surface area contributed by atoms with Crippen LogP contribution < -0.4 is 0 Å². The summed E-state index contributed by atoms with van der Waals surface area (Å²) in [4.78, 5) is 13.5. The van der Waals surface area contributed by atoms with Gasteiger partial charge in [0, 0.05) is 33.4 Å². The van der Waals surface area contributed by atoms with Crippen molar-refractivity contribution in [3.63, 3.8) is 0 Å². The van der Waals surface area contributed by atoms with Crippen LogP contribution >= 0.6 is 0 Å². The lowest BCUT2D eigenvalue weighted by Gasteiger charge is -2.20. The Morgan fingerprint density at radius 1 is 1.62 bits per heavy atom. The number of amides is 1. The second-order valence-corrected chi connectivity index (χ2v) is 3.41. The zero-order valence-corrected chi connectivity index (χ0v) is 9.59. The van der Waals surface area contributed by atoms with Gasteiger partial charge in [0.1, 0.15) is 0 Å². The van der Waals surface area contributed by atoms with Crippen LogP contribution in [0, 0.1) is 0 Å². The number of hydrogen-bond donors (Lipinski definition) is 1. The molecule has 0 aliphatic heterocycles. The molecule has 1 amide bonds. The molecule has 6 heteroatoms. The second kappa shape index (κ2) is 6.24. The van der Waals surface area contributed by atoms with Crippen molar-refractivity contribution in [2.45, 2.75) is 0 Å². The van der Waals surface area contributed by atoms with Gasteiger partial charge < -0.3 is 14.7 Å². The van der Waals surface area contributed by atoms with Crippen molar-refractivity contribution < 1.29 is 14.6 Å². The molecular weight excluding hydrogens is 210 g/mol. The predicted molar refractivity (Wildman–Crippen MR) is 58.1 cm³/mol. The Morgan fingerprint density at radius 3 is 2.88 bits per heavy atom. The number of ether oxygens (including phenoxy) is 1. The number of aromatic nitrogens is 2. The molecule has 0 saturated carbocycles. The molecule has 0 aromatic carbocycles. The van der Waals surface area contributed by atoms with Crippen LogP contribution in [0.5, 0.6) is 0 Å². The number of aliphatic hydroxyl groups excluding tert-OH is 1. The number of aryl methyl sites for hydroxylation is 1. The monoisotopic (exact) mass is 227 g/mol. The number of aliphatic hydroxyl groups is 1. The van der Waals surface area contributed by atoms with Crippen molar-refractivity contribution >= 4 is 5.91 Å². The van der Waals surface area contributed by atoms with Crippen LogP contribution in [-0.2, 0) is 11.8 Å². The first kappa shape index (κ1) is 12.7. The molecule has 0 atom stereocenters. The first-order chi connectivity index (χ1) is 7.69. The smallest absolute Gasteiger partial charge is 0.257 e. The molecule has 6 nitrogen and oxygen atoms in total. The topological polar surface area (TPSA) is 67.6 Å². The summed E-state index contributed by atoms with van der Waals surface area (Å²) >= 11 is 0. The molecule has 0 unspecified atom stereocenters. The summed E-state index contributed by atoms with van der Waals surface area (Å²) in [6.45, 7) is 1.16. The Hall–Kier alpha value is -1.40. The van der Waals surface area contributed by atoms with Crippen molar-refractivity contribution in [2.24, 2.45) is 7.05 Å². The van der Waals surface area contributed by atoms with Crippen molar-refractivity contribution in [3.8, 4) is 0 Å². The van der Waals surface area contributed by atoms with Crippen molar-refractivity contribution in [1.29, 1.82) is 0 Å². The van der Waals surface area contributed by atoms with Crippen LogP contribution in [0.3, 0.4) is 0 Å². The summed E-state index contributed by atoms with van der Waals surface area (Å²) in [7, 11) is 3.33. The van der Waals surface area contributed by atoms with Crippen molar-refractivity contribution in [3.05, 3.63) is 18.0 Å². The van der Waals surface area contributed by atoms with Gasteiger partial charge in [-0.3, -0.25) is 9.48 Å². The van der Waals surface area contributed by atoms with Crippen molar-refractivity contribution in [2.75, 3.05) is 33.4 Å². The highest BCUT2D eigenvalue weighted by Gasteiger charge is 2.16. The van der Waals surface area contributed by atoms with Gasteiger partial charge in [-0.2, -0.15) is 5.10 Å². The highest BCUT2D eigenvalue weighted by Crippen LogP contribution is 2.03. The van der Waals surface area contributed by atoms with E-state index in [4.69, 9.17) is 9.84 Å². The lowest BCUT2D eigenvalue weighted by atomic mass is 10.3. The molecule has 0 spiro atoms. The van der Waals surface area contributed by atoms with E-state index in [2.05, 4.69) is 5.10 Å². The second-order valence-electron chi connectivity index (χ2n) is 3.41. The van der Waals surface area contributed by atoms with E-state index in [1.54, 1.807) is 29.9 Å². The van der Waals surface area contributed by atoms with E-state index in [0.29, 0.717) is 25.3 Å². The fraction of sp³-hybridized carbons (Fsp3) is 0.600. The summed E-state index contributed by atoms with van der Waals surface area (Å²) in [5.41, 5.74) is 0.520.